The molecule has 0 aliphatic carbocycles. The van der Waals surface area contributed by atoms with Gasteiger partial charge in [0.2, 0.25) is 15.9 Å². The number of hydrogen-bond donors (Lipinski definition) is 2. The average Bonchev–Trinajstić information content (AvgIpc) is 2.46. The molecule has 21 heavy (non-hydrogen) atoms. The molecule has 2 aliphatic heterocycles. The molecule has 0 aromatic heterocycles. The van der Waals surface area contributed by atoms with Crippen LogP contribution in [0, 0.1) is 5.92 Å². The van der Waals surface area contributed by atoms with E-state index in [0.29, 0.717) is 32.7 Å². The Hall–Kier alpha value is -0.700. The lowest BCUT2D eigenvalue weighted by Gasteiger charge is -2.34. The fourth-order valence-electron chi connectivity index (χ4n) is 2.82. The molecule has 0 saturated carbocycles. The highest BCUT2D eigenvalue weighted by Crippen LogP contribution is 2.17. The maximum atomic E-state index is 12.3. The van der Waals surface area contributed by atoms with Crippen LogP contribution in [0.1, 0.15) is 19.3 Å². The average molecular weight is 319 g/mol. The van der Waals surface area contributed by atoms with Crippen LogP contribution in [-0.2, 0) is 19.6 Å². The molecule has 2 aliphatic rings. The second-order valence-corrected chi connectivity index (χ2v) is 7.73. The van der Waals surface area contributed by atoms with E-state index in [9.17, 15) is 13.2 Å². The van der Waals surface area contributed by atoms with E-state index in [2.05, 4.69) is 10.0 Å². The first-order chi connectivity index (χ1) is 9.94. The molecule has 2 fully saturated rings. The van der Waals surface area contributed by atoms with Crippen molar-refractivity contribution in [3.8, 4) is 0 Å². The Morgan fingerprint density at radius 2 is 2.29 bits per heavy atom. The van der Waals surface area contributed by atoms with Gasteiger partial charge >= 0.3 is 0 Å². The normalized spacial score (nSPS) is 27.6. The number of carbonyl (C=O) groups is 1. The summed E-state index contributed by atoms with van der Waals surface area (Å²) in [6.07, 6.45) is 3.49. The summed E-state index contributed by atoms with van der Waals surface area (Å²) in [6, 6.07) is 0.0979. The lowest BCUT2D eigenvalue weighted by Crippen LogP contribution is -2.48. The Morgan fingerprint density at radius 3 is 2.95 bits per heavy atom. The van der Waals surface area contributed by atoms with E-state index in [1.807, 2.05) is 4.90 Å². The van der Waals surface area contributed by atoms with Crippen molar-refractivity contribution in [3.63, 3.8) is 0 Å². The third-order valence-electron chi connectivity index (χ3n) is 3.93. The summed E-state index contributed by atoms with van der Waals surface area (Å²) in [7, 11) is -3.16. The molecule has 0 bridgehead atoms. The summed E-state index contributed by atoms with van der Waals surface area (Å²) in [6.45, 7) is 3.88. The summed E-state index contributed by atoms with van der Waals surface area (Å²) in [4.78, 5) is 14.2. The van der Waals surface area contributed by atoms with E-state index in [-0.39, 0.29) is 17.9 Å². The van der Waals surface area contributed by atoms with Crippen LogP contribution in [0.15, 0.2) is 0 Å². The van der Waals surface area contributed by atoms with E-state index in [4.69, 9.17) is 4.74 Å². The molecule has 0 aromatic carbocycles. The van der Waals surface area contributed by atoms with E-state index in [1.54, 1.807) is 0 Å². The van der Waals surface area contributed by atoms with Crippen LogP contribution in [0.3, 0.4) is 0 Å². The van der Waals surface area contributed by atoms with Crippen molar-refractivity contribution in [3.05, 3.63) is 0 Å². The number of ether oxygens (including phenoxy) is 1. The zero-order valence-electron chi connectivity index (χ0n) is 12.5. The van der Waals surface area contributed by atoms with E-state index < -0.39 is 10.0 Å². The molecule has 0 spiro atoms. The fourth-order valence-corrected chi connectivity index (χ4v) is 3.36. The fraction of sp³-hybridized carbons (Fsp3) is 0.923. The third-order valence-corrected chi connectivity index (χ3v) is 4.62. The first-order valence-corrected chi connectivity index (χ1v) is 9.37. The number of carbonyl (C=O) groups excluding carboxylic acids is 1. The summed E-state index contributed by atoms with van der Waals surface area (Å²) >= 11 is 0. The molecule has 2 atom stereocenters. The highest BCUT2D eigenvalue weighted by Gasteiger charge is 2.26. The zero-order valence-corrected chi connectivity index (χ0v) is 13.3. The summed E-state index contributed by atoms with van der Waals surface area (Å²) in [5.41, 5.74) is 0. The lowest BCUT2D eigenvalue weighted by molar-refractivity contribution is -0.134. The number of sulfonamides is 1. The van der Waals surface area contributed by atoms with Crippen LogP contribution in [0.2, 0.25) is 0 Å². The van der Waals surface area contributed by atoms with Crippen molar-refractivity contribution < 1.29 is 17.9 Å². The van der Waals surface area contributed by atoms with Crippen molar-refractivity contribution in [2.75, 3.05) is 45.6 Å². The van der Waals surface area contributed by atoms with Crippen LogP contribution in [0.5, 0.6) is 0 Å². The first kappa shape index (κ1) is 16.7. The Kier molecular flexibility index (Phi) is 5.98. The molecule has 2 heterocycles. The van der Waals surface area contributed by atoms with Gasteiger partial charge in [0.05, 0.1) is 19.5 Å². The van der Waals surface area contributed by atoms with Gasteiger partial charge in [-0.1, -0.05) is 0 Å². The van der Waals surface area contributed by atoms with Gasteiger partial charge in [0.1, 0.15) is 0 Å². The maximum Gasteiger partial charge on any atom is 0.224 e. The number of likely N-dealkylation sites (tertiary alicyclic amines) is 1. The molecule has 2 saturated heterocycles. The highest BCUT2D eigenvalue weighted by molar-refractivity contribution is 7.88. The van der Waals surface area contributed by atoms with Gasteiger partial charge in [-0.15, -0.1) is 0 Å². The maximum absolute atomic E-state index is 12.3. The SMILES string of the molecule is CS(=O)(=O)NCC1CCCN(C(=O)CC2COCCN2)C1. The van der Waals surface area contributed by atoms with Crippen LogP contribution in [-0.4, -0.2) is 70.9 Å². The number of piperidine rings is 1. The zero-order chi connectivity index (χ0) is 15.3. The molecular weight excluding hydrogens is 294 g/mol. The van der Waals surface area contributed by atoms with E-state index in [0.717, 1.165) is 32.2 Å². The molecule has 2 N–H and O–H groups in total. The molecular formula is C13H25N3O4S. The lowest BCUT2D eigenvalue weighted by atomic mass is 9.97. The van der Waals surface area contributed by atoms with Crippen LogP contribution in [0.4, 0.5) is 0 Å². The Morgan fingerprint density at radius 1 is 1.48 bits per heavy atom. The van der Waals surface area contributed by atoms with Gasteiger partial charge in [0, 0.05) is 38.6 Å². The summed E-state index contributed by atoms with van der Waals surface area (Å²) in [5.74, 6) is 0.329. The van der Waals surface area contributed by atoms with Crippen molar-refractivity contribution in [1.82, 2.24) is 14.9 Å². The topological polar surface area (TPSA) is 87.7 Å². The van der Waals surface area contributed by atoms with Crippen LogP contribution in [0.25, 0.3) is 0 Å². The number of amides is 1. The van der Waals surface area contributed by atoms with Gasteiger partial charge in [-0.25, -0.2) is 13.1 Å². The third kappa shape index (κ3) is 5.90. The molecule has 2 unspecified atom stereocenters. The molecule has 7 nitrogen and oxygen atoms in total. The van der Waals surface area contributed by atoms with Gasteiger partial charge in [0.25, 0.3) is 0 Å². The van der Waals surface area contributed by atoms with Gasteiger partial charge in [0.15, 0.2) is 0 Å². The standard InChI is InChI=1S/C13H25N3O4S/c1-21(18,19)15-8-11-3-2-5-16(9-11)13(17)7-12-10-20-6-4-14-12/h11-12,14-15H,2-10H2,1H3. The van der Waals surface area contributed by atoms with Crippen molar-refractivity contribution >= 4 is 15.9 Å². The van der Waals surface area contributed by atoms with Crippen molar-refractivity contribution in [2.45, 2.75) is 25.3 Å². The smallest absolute Gasteiger partial charge is 0.224 e. The summed E-state index contributed by atoms with van der Waals surface area (Å²) < 4.78 is 30.2. The predicted molar refractivity (Wildman–Crippen MR) is 79.4 cm³/mol. The largest absolute Gasteiger partial charge is 0.378 e. The number of nitrogens with one attached hydrogen (secondary N) is 2. The quantitative estimate of drug-likeness (QED) is 0.689. The monoisotopic (exact) mass is 319 g/mol. The number of morpholine rings is 1. The van der Waals surface area contributed by atoms with Crippen molar-refractivity contribution in [1.29, 1.82) is 0 Å². The summed E-state index contributed by atoms with van der Waals surface area (Å²) in [5, 5.41) is 3.28. The molecule has 0 aromatic rings. The minimum absolute atomic E-state index is 0.0979. The Labute approximate surface area is 126 Å². The van der Waals surface area contributed by atoms with Crippen molar-refractivity contribution in [2.24, 2.45) is 5.92 Å². The first-order valence-electron chi connectivity index (χ1n) is 7.47. The van der Waals surface area contributed by atoms with Gasteiger partial charge in [-0.3, -0.25) is 4.79 Å². The molecule has 0 radical (unpaired) electrons. The molecule has 1 amide bonds. The molecule has 2 rings (SSSR count). The number of rotatable bonds is 5. The van der Waals surface area contributed by atoms with E-state index in [1.165, 1.54) is 0 Å². The minimum Gasteiger partial charge on any atom is -0.378 e. The Balaban J connectivity index is 1.78. The Bertz CT molecular complexity index is 448. The predicted octanol–water partition coefficient (Wildman–Crippen LogP) is -0.847. The molecule has 8 heteroatoms. The van der Waals surface area contributed by atoms with E-state index >= 15 is 0 Å². The minimum atomic E-state index is -3.16. The van der Waals surface area contributed by atoms with Gasteiger partial charge < -0.3 is 15.0 Å². The van der Waals surface area contributed by atoms with Gasteiger partial charge in [-0.2, -0.15) is 0 Å². The molecule has 122 valence electrons. The van der Waals surface area contributed by atoms with Crippen LogP contribution >= 0.6 is 0 Å². The number of hydrogen-bond acceptors (Lipinski definition) is 5. The second-order valence-electron chi connectivity index (χ2n) is 5.90. The highest BCUT2D eigenvalue weighted by atomic mass is 32.2. The van der Waals surface area contributed by atoms with Gasteiger partial charge in [-0.05, 0) is 18.8 Å². The number of nitrogens with zero attached hydrogens (tertiary/aromatic N) is 1. The van der Waals surface area contributed by atoms with Crippen LogP contribution < -0.4 is 10.0 Å². The second kappa shape index (κ2) is 7.53.